The van der Waals surface area contributed by atoms with Gasteiger partial charge in [-0.25, -0.2) is 9.78 Å². The Morgan fingerprint density at radius 1 is 1.67 bits per heavy atom. The van der Waals surface area contributed by atoms with Gasteiger partial charge in [-0.2, -0.15) is 0 Å². The predicted molar refractivity (Wildman–Crippen MR) is 40.4 cm³/mol. The molecule has 12 heavy (non-hydrogen) atoms. The third-order valence-electron chi connectivity index (χ3n) is 0.729. The van der Waals surface area contributed by atoms with Crippen LogP contribution >= 0.6 is 0 Å². The van der Waals surface area contributed by atoms with Crippen molar-refractivity contribution >= 4 is 11.9 Å². The standard InChI is InChI=1S/C4H4N2O2.C2H5NO/c7-4(8)3-1-5-2-6-3;1-2(3)4/h1-2H,(H,5,6)(H,7,8);1H3,(H2,3,4). The first kappa shape index (κ1) is 10.2. The molecule has 0 radical (unpaired) electrons. The molecule has 0 fully saturated rings. The van der Waals surface area contributed by atoms with Crippen molar-refractivity contribution in [3.63, 3.8) is 0 Å². The first-order valence-corrected chi connectivity index (χ1v) is 3.01. The van der Waals surface area contributed by atoms with Gasteiger partial charge in [0.15, 0.2) is 0 Å². The van der Waals surface area contributed by atoms with E-state index >= 15 is 0 Å². The lowest BCUT2D eigenvalue weighted by molar-refractivity contribution is -0.115. The highest BCUT2D eigenvalue weighted by molar-refractivity contribution is 5.84. The molecule has 1 heterocycles. The van der Waals surface area contributed by atoms with Crippen LogP contribution in [-0.2, 0) is 4.79 Å². The average molecular weight is 171 g/mol. The number of carbonyl (C=O) groups is 2. The molecule has 0 spiro atoms. The number of amides is 1. The van der Waals surface area contributed by atoms with Gasteiger partial charge in [-0.15, -0.1) is 0 Å². The maximum absolute atomic E-state index is 9.99. The molecule has 66 valence electrons. The summed E-state index contributed by atoms with van der Waals surface area (Å²) < 4.78 is 0. The van der Waals surface area contributed by atoms with Gasteiger partial charge in [-0.3, -0.25) is 4.79 Å². The number of hydrogen-bond acceptors (Lipinski definition) is 3. The Kier molecular flexibility index (Phi) is 4.13. The van der Waals surface area contributed by atoms with E-state index in [0.717, 1.165) is 0 Å². The van der Waals surface area contributed by atoms with Crippen LogP contribution in [0.25, 0.3) is 0 Å². The van der Waals surface area contributed by atoms with E-state index < -0.39 is 5.97 Å². The molecule has 1 aromatic heterocycles. The van der Waals surface area contributed by atoms with Crippen molar-refractivity contribution in [3.05, 3.63) is 18.2 Å². The maximum atomic E-state index is 9.99. The minimum Gasteiger partial charge on any atom is -0.477 e. The van der Waals surface area contributed by atoms with E-state index in [2.05, 4.69) is 15.7 Å². The Labute approximate surface area is 68.4 Å². The zero-order valence-electron chi connectivity index (χ0n) is 6.44. The van der Waals surface area contributed by atoms with Crippen LogP contribution in [0.15, 0.2) is 12.5 Å². The van der Waals surface area contributed by atoms with Crippen LogP contribution in [0.1, 0.15) is 17.4 Å². The molecule has 1 amide bonds. The van der Waals surface area contributed by atoms with Crippen molar-refractivity contribution in [3.8, 4) is 0 Å². The van der Waals surface area contributed by atoms with Crippen LogP contribution in [0, 0.1) is 0 Å². The fourth-order valence-corrected chi connectivity index (χ4v) is 0.373. The van der Waals surface area contributed by atoms with Gasteiger partial charge >= 0.3 is 5.97 Å². The number of hydrogen-bond donors (Lipinski definition) is 3. The van der Waals surface area contributed by atoms with Gasteiger partial charge in [0.05, 0.1) is 12.5 Å². The summed E-state index contributed by atoms with van der Waals surface area (Å²) >= 11 is 0. The molecule has 1 rings (SSSR count). The van der Waals surface area contributed by atoms with Crippen LogP contribution in [0.3, 0.4) is 0 Å². The number of nitrogens with zero attached hydrogens (tertiary/aromatic N) is 1. The fraction of sp³-hybridized carbons (Fsp3) is 0.167. The summed E-state index contributed by atoms with van der Waals surface area (Å²) in [6, 6.07) is 0. The Bertz CT molecular complexity index is 251. The van der Waals surface area contributed by atoms with Gasteiger partial charge in [0.1, 0.15) is 5.69 Å². The van der Waals surface area contributed by atoms with E-state index in [1.54, 1.807) is 0 Å². The first-order chi connectivity index (χ1) is 5.54. The average Bonchev–Trinajstić information content (AvgIpc) is 2.34. The summed E-state index contributed by atoms with van der Waals surface area (Å²) in [7, 11) is 0. The predicted octanol–water partition coefficient (Wildman–Crippen LogP) is -0.401. The summed E-state index contributed by atoms with van der Waals surface area (Å²) in [6.07, 6.45) is 2.58. The largest absolute Gasteiger partial charge is 0.477 e. The van der Waals surface area contributed by atoms with Crippen molar-refractivity contribution < 1.29 is 14.7 Å². The van der Waals surface area contributed by atoms with E-state index in [9.17, 15) is 9.59 Å². The summed E-state index contributed by atoms with van der Waals surface area (Å²) in [6.45, 7) is 1.31. The number of imidazole rings is 1. The molecule has 0 aliphatic heterocycles. The Hall–Kier alpha value is -1.85. The topological polar surface area (TPSA) is 109 Å². The van der Waals surface area contributed by atoms with Crippen LogP contribution < -0.4 is 5.73 Å². The number of aromatic carboxylic acids is 1. The zero-order chi connectivity index (χ0) is 9.56. The molecular weight excluding hydrogens is 162 g/mol. The lowest BCUT2D eigenvalue weighted by Crippen LogP contribution is -2.01. The summed E-state index contributed by atoms with van der Waals surface area (Å²) in [4.78, 5) is 25.1. The van der Waals surface area contributed by atoms with Crippen molar-refractivity contribution in [1.82, 2.24) is 9.97 Å². The molecule has 0 atom stereocenters. The Balaban J connectivity index is 0.000000261. The second kappa shape index (κ2) is 4.89. The number of carbonyl (C=O) groups excluding carboxylic acids is 1. The number of aromatic nitrogens is 2. The van der Waals surface area contributed by atoms with Gasteiger partial charge < -0.3 is 15.8 Å². The number of rotatable bonds is 1. The number of nitrogens with two attached hydrogens (primary N) is 1. The minimum absolute atomic E-state index is 0.116. The summed E-state index contributed by atoms with van der Waals surface area (Å²) in [5.74, 6) is -1.32. The molecule has 0 aromatic carbocycles. The van der Waals surface area contributed by atoms with Crippen molar-refractivity contribution in [2.24, 2.45) is 5.73 Å². The van der Waals surface area contributed by atoms with Crippen LogP contribution in [0.2, 0.25) is 0 Å². The van der Waals surface area contributed by atoms with Gasteiger partial charge in [0.2, 0.25) is 5.91 Å². The third kappa shape index (κ3) is 4.98. The summed E-state index contributed by atoms with van der Waals surface area (Å²) in [5.41, 5.74) is 4.59. The number of nitrogens with one attached hydrogen (secondary N) is 1. The Morgan fingerprint density at radius 3 is 2.33 bits per heavy atom. The molecule has 0 saturated carbocycles. The number of H-pyrrole nitrogens is 1. The highest BCUT2D eigenvalue weighted by atomic mass is 16.4. The number of primary amides is 1. The van der Waals surface area contributed by atoms with E-state index in [-0.39, 0.29) is 11.6 Å². The van der Waals surface area contributed by atoms with Gasteiger partial charge in [-0.05, 0) is 0 Å². The van der Waals surface area contributed by atoms with Crippen molar-refractivity contribution in [2.75, 3.05) is 0 Å². The quantitative estimate of drug-likeness (QED) is 0.534. The molecule has 0 aliphatic carbocycles. The van der Waals surface area contributed by atoms with Crippen LogP contribution in [0.5, 0.6) is 0 Å². The molecule has 0 saturated heterocycles. The van der Waals surface area contributed by atoms with Crippen LogP contribution in [0.4, 0.5) is 0 Å². The molecule has 0 unspecified atom stereocenters. The first-order valence-electron chi connectivity index (χ1n) is 3.01. The second-order valence-electron chi connectivity index (χ2n) is 1.88. The van der Waals surface area contributed by atoms with Gasteiger partial charge in [0.25, 0.3) is 0 Å². The minimum atomic E-state index is -0.984. The highest BCUT2D eigenvalue weighted by Crippen LogP contribution is 1.87. The zero-order valence-corrected chi connectivity index (χ0v) is 6.44. The van der Waals surface area contributed by atoms with Gasteiger partial charge in [0, 0.05) is 6.92 Å². The number of aromatic amines is 1. The van der Waals surface area contributed by atoms with E-state index in [1.807, 2.05) is 0 Å². The lowest BCUT2D eigenvalue weighted by Gasteiger charge is -1.79. The Morgan fingerprint density at radius 2 is 2.17 bits per heavy atom. The maximum Gasteiger partial charge on any atom is 0.353 e. The second-order valence-corrected chi connectivity index (χ2v) is 1.88. The third-order valence-corrected chi connectivity index (χ3v) is 0.729. The van der Waals surface area contributed by atoms with Crippen molar-refractivity contribution in [2.45, 2.75) is 6.92 Å². The van der Waals surface area contributed by atoms with E-state index in [4.69, 9.17) is 5.11 Å². The molecule has 6 nitrogen and oxygen atoms in total. The number of carboxylic acids is 1. The smallest absolute Gasteiger partial charge is 0.353 e. The SMILES string of the molecule is CC(N)=O.O=C(O)c1cnc[nH]1. The number of carboxylic acid groups (broad SMARTS) is 1. The fourth-order valence-electron chi connectivity index (χ4n) is 0.373. The molecule has 6 heteroatoms. The van der Waals surface area contributed by atoms with E-state index in [1.165, 1.54) is 19.4 Å². The molecule has 0 aliphatic rings. The lowest BCUT2D eigenvalue weighted by atomic mass is 10.5. The molecule has 1 aromatic rings. The normalized spacial score (nSPS) is 8.08. The highest BCUT2D eigenvalue weighted by Gasteiger charge is 1.99. The van der Waals surface area contributed by atoms with E-state index in [0.29, 0.717) is 0 Å². The molecular formula is C6H9N3O3. The van der Waals surface area contributed by atoms with Gasteiger partial charge in [-0.1, -0.05) is 0 Å². The molecule has 0 bridgehead atoms. The summed E-state index contributed by atoms with van der Waals surface area (Å²) in [5, 5.41) is 8.20. The van der Waals surface area contributed by atoms with Crippen LogP contribution in [-0.4, -0.2) is 27.0 Å². The molecule has 4 N–H and O–H groups in total. The monoisotopic (exact) mass is 171 g/mol. The van der Waals surface area contributed by atoms with Crippen molar-refractivity contribution in [1.29, 1.82) is 0 Å².